The third-order valence-corrected chi connectivity index (χ3v) is 1.79. The van der Waals surface area contributed by atoms with Crippen LogP contribution in [0, 0.1) is 12.4 Å². The van der Waals surface area contributed by atoms with Crippen molar-refractivity contribution in [1.29, 1.82) is 0 Å². The van der Waals surface area contributed by atoms with E-state index in [1.165, 1.54) is 12.1 Å². The van der Waals surface area contributed by atoms with Gasteiger partial charge in [0, 0.05) is 12.8 Å². The maximum Gasteiger partial charge on any atom is 0.255 e. The number of hydrogen-bond donors (Lipinski definition) is 0. The summed E-state index contributed by atoms with van der Waals surface area (Å²) in [5.74, 6) is -3.28. The molecule has 0 fully saturated rings. The van der Waals surface area contributed by atoms with Gasteiger partial charge in [-0.3, -0.25) is 0 Å². The molecule has 0 nitrogen and oxygen atoms in total. The van der Waals surface area contributed by atoms with Gasteiger partial charge in [-0.25, -0.2) is 13.2 Å². The third kappa shape index (κ3) is 3.24. The van der Waals surface area contributed by atoms with E-state index in [-0.39, 0.29) is 0 Å². The highest BCUT2D eigenvalue weighted by atomic mass is 19.3. The highest BCUT2D eigenvalue weighted by Crippen LogP contribution is 2.24. The SMILES string of the molecule is [CH]=CCC(F)(F)Cc1ccc(F)cc1. The van der Waals surface area contributed by atoms with Gasteiger partial charge in [-0.1, -0.05) is 24.8 Å². The van der Waals surface area contributed by atoms with E-state index in [2.05, 4.69) is 0 Å². The fraction of sp³-hybridized carbons (Fsp3) is 0.273. The van der Waals surface area contributed by atoms with Crippen molar-refractivity contribution in [1.82, 2.24) is 0 Å². The lowest BCUT2D eigenvalue weighted by Gasteiger charge is -2.13. The molecule has 0 spiro atoms. The third-order valence-electron chi connectivity index (χ3n) is 1.79. The van der Waals surface area contributed by atoms with Crippen molar-refractivity contribution in [3.8, 4) is 0 Å². The summed E-state index contributed by atoms with van der Waals surface area (Å²) in [5, 5.41) is 0. The zero-order valence-electron chi connectivity index (χ0n) is 7.51. The summed E-state index contributed by atoms with van der Waals surface area (Å²) in [6, 6.07) is 5.02. The Morgan fingerprint density at radius 2 is 1.79 bits per heavy atom. The molecular formula is C11H10F3. The highest BCUT2D eigenvalue weighted by Gasteiger charge is 2.27. The number of alkyl halides is 2. The van der Waals surface area contributed by atoms with Crippen molar-refractivity contribution >= 4 is 0 Å². The first-order chi connectivity index (χ1) is 6.53. The first-order valence-electron chi connectivity index (χ1n) is 4.19. The molecule has 0 heterocycles. The van der Waals surface area contributed by atoms with Gasteiger partial charge in [0.1, 0.15) is 5.82 Å². The summed E-state index contributed by atoms with van der Waals surface area (Å²) in [5.41, 5.74) is 0.401. The molecule has 0 bridgehead atoms. The van der Waals surface area contributed by atoms with Crippen LogP contribution < -0.4 is 0 Å². The number of benzene rings is 1. The average Bonchev–Trinajstić information content (AvgIpc) is 2.08. The van der Waals surface area contributed by atoms with Gasteiger partial charge in [0.15, 0.2) is 0 Å². The number of hydrogen-bond acceptors (Lipinski definition) is 0. The lowest BCUT2D eigenvalue weighted by atomic mass is 10.1. The van der Waals surface area contributed by atoms with Crippen molar-refractivity contribution in [2.75, 3.05) is 0 Å². The Balaban J connectivity index is 2.68. The largest absolute Gasteiger partial charge is 0.255 e. The maximum absolute atomic E-state index is 13.0. The van der Waals surface area contributed by atoms with Gasteiger partial charge in [0.25, 0.3) is 5.92 Å². The van der Waals surface area contributed by atoms with Crippen LogP contribution in [0.15, 0.2) is 30.3 Å². The first-order valence-corrected chi connectivity index (χ1v) is 4.19. The summed E-state index contributed by atoms with van der Waals surface area (Å²) < 4.78 is 38.5. The van der Waals surface area contributed by atoms with Gasteiger partial charge in [-0.15, -0.1) is 0 Å². The van der Waals surface area contributed by atoms with Gasteiger partial charge < -0.3 is 0 Å². The fourth-order valence-corrected chi connectivity index (χ4v) is 1.15. The quantitative estimate of drug-likeness (QED) is 0.697. The van der Waals surface area contributed by atoms with Crippen molar-refractivity contribution in [2.45, 2.75) is 18.8 Å². The van der Waals surface area contributed by atoms with E-state index in [0.717, 1.165) is 18.2 Å². The Hall–Kier alpha value is -1.25. The van der Waals surface area contributed by atoms with Crippen LogP contribution in [-0.2, 0) is 6.42 Å². The Kier molecular flexibility index (Phi) is 3.33. The Morgan fingerprint density at radius 1 is 1.21 bits per heavy atom. The normalized spacial score (nSPS) is 11.4. The van der Waals surface area contributed by atoms with Crippen LogP contribution in [0.5, 0.6) is 0 Å². The fourth-order valence-electron chi connectivity index (χ4n) is 1.15. The minimum atomic E-state index is -2.85. The molecule has 1 aromatic rings. The van der Waals surface area contributed by atoms with E-state index in [9.17, 15) is 13.2 Å². The monoisotopic (exact) mass is 199 g/mol. The zero-order valence-corrected chi connectivity index (χ0v) is 7.51. The predicted molar refractivity (Wildman–Crippen MR) is 48.5 cm³/mol. The molecule has 0 amide bonds. The van der Waals surface area contributed by atoms with Crippen LogP contribution in [0.25, 0.3) is 0 Å². The topological polar surface area (TPSA) is 0 Å². The van der Waals surface area contributed by atoms with Crippen molar-refractivity contribution in [2.24, 2.45) is 0 Å². The van der Waals surface area contributed by atoms with Gasteiger partial charge in [0.2, 0.25) is 0 Å². The second-order valence-corrected chi connectivity index (χ2v) is 3.10. The smallest absolute Gasteiger partial charge is 0.207 e. The first kappa shape index (κ1) is 10.8. The van der Waals surface area contributed by atoms with Gasteiger partial charge in [-0.05, 0) is 17.7 Å². The standard InChI is InChI=1S/C11H10F3/c1-2-7-11(13,14)8-9-3-5-10(12)6-4-9/h1-6H,7-8H2. The molecule has 75 valence electrons. The van der Waals surface area contributed by atoms with E-state index in [4.69, 9.17) is 6.58 Å². The minimum Gasteiger partial charge on any atom is -0.207 e. The summed E-state index contributed by atoms with van der Waals surface area (Å²) in [4.78, 5) is 0. The van der Waals surface area contributed by atoms with Gasteiger partial charge in [0.05, 0.1) is 0 Å². The zero-order chi connectivity index (χ0) is 10.6. The molecule has 0 aliphatic heterocycles. The molecule has 1 radical (unpaired) electrons. The van der Waals surface area contributed by atoms with Gasteiger partial charge in [-0.2, -0.15) is 0 Å². The van der Waals surface area contributed by atoms with Crippen molar-refractivity contribution in [3.63, 3.8) is 0 Å². The second kappa shape index (κ2) is 4.31. The number of halogens is 3. The molecule has 0 saturated carbocycles. The molecule has 3 heteroatoms. The van der Waals surface area contributed by atoms with Crippen molar-refractivity contribution in [3.05, 3.63) is 48.3 Å². The summed E-state index contributed by atoms with van der Waals surface area (Å²) in [6.45, 7) is 4.93. The summed E-state index contributed by atoms with van der Waals surface area (Å²) in [7, 11) is 0. The number of rotatable bonds is 4. The van der Waals surface area contributed by atoms with Gasteiger partial charge >= 0.3 is 0 Å². The lowest BCUT2D eigenvalue weighted by Crippen LogP contribution is -2.18. The molecule has 0 aliphatic rings. The highest BCUT2D eigenvalue weighted by molar-refractivity contribution is 5.17. The predicted octanol–water partition coefficient (Wildman–Crippen LogP) is 3.38. The molecule has 14 heavy (non-hydrogen) atoms. The Labute approximate surface area is 81.1 Å². The van der Waals surface area contributed by atoms with E-state index in [0.29, 0.717) is 5.56 Å². The number of allylic oxidation sites excluding steroid dienone is 1. The van der Waals surface area contributed by atoms with Crippen molar-refractivity contribution < 1.29 is 13.2 Å². The van der Waals surface area contributed by atoms with Crippen LogP contribution >= 0.6 is 0 Å². The van der Waals surface area contributed by atoms with E-state index >= 15 is 0 Å². The van der Waals surface area contributed by atoms with Crippen LogP contribution in [0.4, 0.5) is 13.2 Å². The minimum absolute atomic E-state index is 0.401. The molecule has 0 aliphatic carbocycles. The average molecular weight is 199 g/mol. The van der Waals surface area contributed by atoms with Crippen LogP contribution in [0.2, 0.25) is 0 Å². The molecule has 0 atom stereocenters. The Bertz CT molecular complexity index is 301. The molecule has 0 aromatic heterocycles. The summed E-state index contributed by atoms with van der Waals surface area (Å²) in [6.07, 6.45) is 0.0505. The molecule has 0 unspecified atom stereocenters. The molecule has 0 saturated heterocycles. The molecular weight excluding hydrogens is 189 g/mol. The van der Waals surface area contributed by atoms with Crippen LogP contribution in [0.3, 0.4) is 0 Å². The van der Waals surface area contributed by atoms with E-state index < -0.39 is 24.6 Å². The Morgan fingerprint density at radius 3 is 2.29 bits per heavy atom. The second-order valence-electron chi connectivity index (χ2n) is 3.10. The maximum atomic E-state index is 13.0. The molecule has 1 aromatic carbocycles. The van der Waals surface area contributed by atoms with E-state index in [1.54, 1.807) is 0 Å². The van der Waals surface area contributed by atoms with Crippen LogP contribution in [0.1, 0.15) is 12.0 Å². The molecule has 1 rings (SSSR count). The van der Waals surface area contributed by atoms with E-state index in [1.807, 2.05) is 0 Å². The lowest BCUT2D eigenvalue weighted by molar-refractivity contribution is 0.00491. The summed E-state index contributed by atoms with van der Waals surface area (Å²) >= 11 is 0. The van der Waals surface area contributed by atoms with Crippen LogP contribution in [-0.4, -0.2) is 5.92 Å². The molecule has 0 N–H and O–H groups in total.